The Morgan fingerprint density at radius 3 is 2.88 bits per heavy atom. The van der Waals surface area contributed by atoms with Gasteiger partial charge in [0, 0.05) is 10.9 Å². The van der Waals surface area contributed by atoms with Gasteiger partial charge in [-0.05, 0) is 26.0 Å². The molecule has 2 aromatic heterocycles. The Hall–Kier alpha value is -2.33. The van der Waals surface area contributed by atoms with Crippen molar-refractivity contribution in [3.05, 3.63) is 33.7 Å². The smallest absolute Gasteiger partial charge is 0.274 e. The maximum absolute atomic E-state index is 12.0. The molecule has 1 saturated heterocycles. The summed E-state index contributed by atoms with van der Waals surface area (Å²) in [6.07, 6.45) is -1.64. The third-order valence-electron chi connectivity index (χ3n) is 4.80. The van der Waals surface area contributed by atoms with Crippen LogP contribution in [0.3, 0.4) is 0 Å². The first-order valence-corrected chi connectivity index (χ1v) is 7.87. The number of aryl methyl sites for hydroxylation is 1. The summed E-state index contributed by atoms with van der Waals surface area (Å²) in [5.74, 6) is 0.259. The monoisotopic (exact) mass is 346 g/mol. The first-order chi connectivity index (χ1) is 11.8. The summed E-state index contributed by atoms with van der Waals surface area (Å²) < 4.78 is 7.32. The van der Waals surface area contributed by atoms with E-state index in [0.29, 0.717) is 22.2 Å². The molecule has 2 aromatic rings. The van der Waals surface area contributed by atoms with Crippen LogP contribution in [0.5, 0.6) is 0 Å². The number of hydrogen-bond donors (Lipinski definition) is 4. The number of hydrogen-bond acceptors (Lipinski definition) is 8. The van der Waals surface area contributed by atoms with Crippen LogP contribution in [0.4, 0.5) is 5.82 Å². The van der Waals surface area contributed by atoms with Crippen molar-refractivity contribution in [3.63, 3.8) is 0 Å². The van der Waals surface area contributed by atoms with Crippen molar-refractivity contribution in [3.8, 4) is 0 Å². The third kappa shape index (κ3) is 2.20. The minimum absolute atomic E-state index is 0.259. The van der Waals surface area contributed by atoms with Crippen LogP contribution in [-0.2, 0) is 4.74 Å². The first kappa shape index (κ1) is 16.2. The van der Waals surface area contributed by atoms with Crippen LogP contribution in [0, 0.1) is 6.92 Å². The average Bonchev–Trinajstić information content (AvgIpc) is 2.99. The number of aliphatic hydroxyl groups excluding tert-OH is 2. The van der Waals surface area contributed by atoms with Crippen molar-refractivity contribution < 1.29 is 20.1 Å². The highest BCUT2D eigenvalue weighted by Gasteiger charge is 2.53. The van der Waals surface area contributed by atoms with Gasteiger partial charge in [0.15, 0.2) is 5.82 Å². The van der Waals surface area contributed by atoms with Crippen molar-refractivity contribution in [1.82, 2.24) is 9.66 Å². The van der Waals surface area contributed by atoms with Gasteiger partial charge in [-0.15, -0.1) is 0 Å². The van der Waals surface area contributed by atoms with E-state index in [1.165, 1.54) is 13.3 Å². The van der Waals surface area contributed by atoms with Gasteiger partial charge in [0.25, 0.3) is 5.56 Å². The highest BCUT2D eigenvalue weighted by molar-refractivity contribution is 5.94. The lowest BCUT2D eigenvalue weighted by atomic mass is 9.91. The molecule has 1 unspecified atom stereocenters. The zero-order valence-corrected chi connectivity index (χ0v) is 13.7. The highest BCUT2D eigenvalue weighted by Crippen LogP contribution is 2.43. The highest BCUT2D eigenvalue weighted by atomic mass is 16.6. The van der Waals surface area contributed by atoms with E-state index in [4.69, 9.17) is 4.74 Å². The second-order valence-electron chi connectivity index (χ2n) is 6.57. The lowest BCUT2D eigenvalue weighted by Gasteiger charge is -2.27. The van der Waals surface area contributed by atoms with Crippen molar-refractivity contribution >= 4 is 23.1 Å². The second-order valence-corrected chi connectivity index (χ2v) is 6.57. The summed E-state index contributed by atoms with van der Waals surface area (Å²) >= 11 is 0. The molecule has 0 saturated carbocycles. The molecule has 0 aromatic carbocycles. The Morgan fingerprint density at radius 2 is 2.20 bits per heavy atom. The van der Waals surface area contributed by atoms with E-state index in [2.05, 4.69) is 15.4 Å². The molecule has 9 heteroatoms. The van der Waals surface area contributed by atoms with Gasteiger partial charge in [0.1, 0.15) is 35.8 Å². The van der Waals surface area contributed by atoms with E-state index < -0.39 is 30.5 Å². The van der Waals surface area contributed by atoms with E-state index in [1.807, 2.05) is 0 Å². The van der Waals surface area contributed by atoms with Crippen LogP contribution in [0.1, 0.15) is 24.3 Å². The molecule has 0 spiro atoms. The number of aromatic nitrogens is 2. The fourth-order valence-corrected chi connectivity index (χ4v) is 3.42. The van der Waals surface area contributed by atoms with Crippen molar-refractivity contribution in [2.45, 2.75) is 37.8 Å². The van der Waals surface area contributed by atoms with E-state index in [-0.39, 0.29) is 11.4 Å². The van der Waals surface area contributed by atoms with E-state index in [9.17, 15) is 20.1 Å². The minimum atomic E-state index is -1.61. The topological polar surface area (TPSA) is 129 Å². The molecule has 0 aliphatic carbocycles. The number of nitrogens with zero attached hydrogens (tertiary/aromatic N) is 3. The van der Waals surface area contributed by atoms with Crippen molar-refractivity contribution in [1.29, 1.82) is 0 Å². The SMILES string of the molecule is Cc1cc2cc(C3O[C@H](CO)[C@@H](O)[C@@]3(C)O)n3c2c(nc1=O)N=CN3. The Morgan fingerprint density at radius 1 is 1.44 bits per heavy atom. The third-order valence-corrected chi connectivity index (χ3v) is 4.80. The summed E-state index contributed by atoms with van der Waals surface area (Å²) in [7, 11) is 0. The molecule has 4 atom stereocenters. The molecule has 4 heterocycles. The molecule has 0 bridgehead atoms. The summed E-state index contributed by atoms with van der Waals surface area (Å²) in [5, 5.41) is 31.0. The number of rotatable bonds is 2. The standard InChI is InChI=1S/C16H18N4O5/c1-7-3-8-4-9(13-16(2,24)12(22)10(5-21)25-13)20-11(8)14(17-6-18-20)19-15(7)23/h3-4,6,10,12-13,21-22,24H,5H2,1-2H3,(H,17,18,19,23)/t10-,12-,13?,16-/m1/s1. The Bertz CT molecular complexity index is 952. The van der Waals surface area contributed by atoms with Crippen LogP contribution in [0.15, 0.2) is 21.9 Å². The molecular formula is C16H18N4O5. The van der Waals surface area contributed by atoms with Gasteiger partial charge >= 0.3 is 0 Å². The van der Waals surface area contributed by atoms with E-state index in [1.54, 1.807) is 23.7 Å². The number of nitrogens with one attached hydrogen (secondary N) is 1. The summed E-state index contributed by atoms with van der Waals surface area (Å²) in [6, 6.07) is 3.44. The van der Waals surface area contributed by atoms with Gasteiger partial charge in [0.2, 0.25) is 0 Å². The summed E-state index contributed by atoms with van der Waals surface area (Å²) in [5.41, 5.74) is 2.54. The van der Waals surface area contributed by atoms with Crippen LogP contribution < -0.4 is 11.0 Å². The normalized spacial score (nSPS) is 30.7. The number of aliphatic hydroxyl groups is 3. The van der Waals surface area contributed by atoms with Crippen LogP contribution in [-0.4, -0.2) is 55.7 Å². The zero-order chi connectivity index (χ0) is 17.9. The average molecular weight is 346 g/mol. The predicted octanol–water partition coefficient (Wildman–Crippen LogP) is -0.534. The van der Waals surface area contributed by atoms with Gasteiger partial charge in [-0.1, -0.05) is 0 Å². The molecule has 1 fully saturated rings. The van der Waals surface area contributed by atoms with Crippen molar-refractivity contribution in [2.24, 2.45) is 4.99 Å². The molecular weight excluding hydrogens is 328 g/mol. The van der Waals surface area contributed by atoms with Crippen LogP contribution in [0.25, 0.3) is 10.9 Å². The van der Waals surface area contributed by atoms with Gasteiger partial charge in [-0.2, -0.15) is 4.98 Å². The van der Waals surface area contributed by atoms with Crippen molar-refractivity contribution in [2.75, 3.05) is 12.0 Å². The molecule has 25 heavy (non-hydrogen) atoms. The number of ether oxygens (including phenoxy) is 1. The molecule has 4 N–H and O–H groups in total. The second kappa shape index (κ2) is 5.33. The number of aliphatic imine (C=N–C) groups is 1. The quantitative estimate of drug-likeness (QED) is 0.575. The summed E-state index contributed by atoms with van der Waals surface area (Å²) in [6.45, 7) is 2.71. The predicted molar refractivity (Wildman–Crippen MR) is 89.6 cm³/mol. The van der Waals surface area contributed by atoms with Gasteiger partial charge in [-0.3, -0.25) is 14.9 Å². The van der Waals surface area contributed by atoms with Gasteiger partial charge in [0.05, 0.1) is 12.3 Å². The molecule has 2 aliphatic heterocycles. The fourth-order valence-electron chi connectivity index (χ4n) is 3.42. The minimum Gasteiger partial charge on any atom is -0.394 e. The molecule has 0 radical (unpaired) electrons. The first-order valence-electron chi connectivity index (χ1n) is 7.87. The van der Waals surface area contributed by atoms with Crippen LogP contribution in [0.2, 0.25) is 0 Å². The molecule has 9 nitrogen and oxygen atoms in total. The fraction of sp³-hybridized carbons (Fsp3) is 0.438. The largest absolute Gasteiger partial charge is 0.394 e. The maximum Gasteiger partial charge on any atom is 0.274 e. The van der Waals surface area contributed by atoms with E-state index >= 15 is 0 Å². The molecule has 2 aliphatic rings. The lowest BCUT2D eigenvalue weighted by Crippen LogP contribution is -2.43. The Kier molecular flexibility index (Phi) is 3.45. The Balaban J connectivity index is 1.96. The van der Waals surface area contributed by atoms with E-state index in [0.717, 1.165) is 0 Å². The Labute approximate surface area is 142 Å². The summed E-state index contributed by atoms with van der Waals surface area (Å²) in [4.78, 5) is 20.1. The zero-order valence-electron chi connectivity index (χ0n) is 13.7. The van der Waals surface area contributed by atoms with Gasteiger partial charge in [-0.25, -0.2) is 4.99 Å². The maximum atomic E-state index is 12.0. The lowest BCUT2D eigenvalue weighted by molar-refractivity contribution is -0.0665. The molecule has 132 valence electrons. The molecule has 4 rings (SSSR count). The van der Waals surface area contributed by atoms with Gasteiger partial charge < -0.3 is 20.1 Å². The van der Waals surface area contributed by atoms with Crippen LogP contribution >= 0.6 is 0 Å². The molecule has 0 amide bonds.